The molecule has 0 aliphatic rings. The summed E-state index contributed by atoms with van der Waals surface area (Å²) in [7, 11) is 0. The maximum Gasteiger partial charge on any atom is 0.123 e. The monoisotopic (exact) mass is 349 g/mol. The molecule has 1 nitrogen and oxygen atoms in total. The van der Waals surface area contributed by atoms with Crippen LogP contribution in [-0.2, 0) is 6.42 Å². The average molecular weight is 350 g/mol. The van der Waals surface area contributed by atoms with Crippen LogP contribution in [0.25, 0.3) is 0 Å². The molecule has 0 bridgehead atoms. The molecule has 1 atom stereocenters. The number of hydrogen-bond donors (Lipinski definition) is 1. The van der Waals surface area contributed by atoms with Gasteiger partial charge in [0.1, 0.15) is 5.82 Å². The van der Waals surface area contributed by atoms with Crippen molar-refractivity contribution in [1.29, 1.82) is 0 Å². The first-order chi connectivity index (χ1) is 10.1. The van der Waals surface area contributed by atoms with Gasteiger partial charge in [0.2, 0.25) is 0 Å². The van der Waals surface area contributed by atoms with E-state index in [9.17, 15) is 4.39 Å². The number of benzene rings is 2. The van der Waals surface area contributed by atoms with Crippen molar-refractivity contribution >= 4 is 15.9 Å². The smallest absolute Gasteiger partial charge is 0.123 e. The van der Waals surface area contributed by atoms with E-state index in [-0.39, 0.29) is 11.9 Å². The average Bonchev–Trinajstić information content (AvgIpc) is 2.48. The predicted octanol–water partition coefficient (Wildman–Crippen LogP) is 5.18. The largest absolute Gasteiger partial charge is 0.310 e. The Labute approximate surface area is 134 Å². The molecular weight excluding hydrogens is 329 g/mol. The zero-order valence-electron chi connectivity index (χ0n) is 12.5. The summed E-state index contributed by atoms with van der Waals surface area (Å²) in [5.74, 6) is -0.193. The van der Waals surface area contributed by atoms with Gasteiger partial charge in [0.25, 0.3) is 0 Å². The molecule has 0 aromatic heterocycles. The van der Waals surface area contributed by atoms with Crippen LogP contribution in [0, 0.1) is 12.7 Å². The Morgan fingerprint density at radius 3 is 2.67 bits per heavy atom. The van der Waals surface area contributed by atoms with Gasteiger partial charge < -0.3 is 5.32 Å². The molecule has 0 amide bonds. The van der Waals surface area contributed by atoms with Crippen LogP contribution in [0.1, 0.15) is 36.1 Å². The van der Waals surface area contributed by atoms with Crippen molar-refractivity contribution < 1.29 is 4.39 Å². The van der Waals surface area contributed by atoms with Gasteiger partial charge in [-0.3, -0.25) is 0 Å². The van der Waals surface area contributed by atoms with Crippen LogP contribution in [-0.4, -0.2) is 6.54 Å². The second-order valence-corrected chi connectivity index (χ2v) is 6.16. The lowest BCUT2D eigenvalue weighted by Gasteiger charge is -2.21. The van der Waals surface area contributed by atoms with E-state index in [0.717, 1.165) is 29.4 Å². The van der Waals surface area contributed by atoms with Crippen molar-refractivity contribution in [3.8, 4) is 0 Å². The molecule has 1 N–H and O–H groups in total. The summed E-state index contributed by atoms with van der Waals surface area (Å²) in [6, 6.07) is 13.4. The van der Waals surface area contributed by atoms with Crippen molar-refractivity contribution in [3.63, 3.8) is 0 Å². The van der Waals surface area contributed by atoms with E-state index in [0.29, 0.717) is 0 Å². The van der Waals surface area contributed by atoms with Gasteiger partial charge in [0.05, 0.1) is 0 Å². The molecule has 0 aliphatic carbocycles. The summed E-state index contributed by atoms with van der Waals surface area (Å²) in [5.41, 5.74) is 3.54. The molecule has 0 aliphatic heterocycles. The Morgan fingerprint density at radius 2 is 1.95 bits per heavy atom. The predicted molar refractivity (Wildman–Crippen MR) is 90.0 cm³/mol. The highest BCUT2D eigenvalue weighted by atomic mass is 79.9. The summed E-state index contributed by atoms with van der Waals surface area (Å²) in [6.07, 6.45) is 1.91. The molecular formula is C18H21BrFN. The van der Waals surface area contributed by atoms with Gasteiger partial charge in [-0.1, -0.05) is 47.1 Å². The first-order valence-corrected chi connectivity index (χ1v) is 8.14. The van der Waals surface area contributed by atoms with Gasteiger partial charge >= 0.3 is 0 Å². The number of hydrogen-bond acceptors (Lipinski definition) is 1. The summed E-state index contributed by atoms with van der Waals surface area (Å²) in [4.78, 5) is 0. The van der Waals surface area contributed by atoms with E-state index in [1.54, 1.807) is 12.1 Å². The molecule has 2 aromatic rings. The maximum atomic E-state index is 13.6. The topological polar surface area (TPSA) is 12.0 Å². The van der Waals surface area contributed by atoms with Crippen molar-refractivity contribution in [2.45, 2.75) is 32.7 Å². The molecule has 112 valence electrons. The highest BCUT2D eigenvalue weighted by molar-refractivity contribution is 9.10. The minimum absolute atomic E-state index is 0.108. The lowest BCUT2D eigenvalue weighted by Crippen LogP contribution is -2.25. The molecule has 0 fully saturated rings. The van der Waals surface area contributed by atoms with Crippen LogP contribution in [0.5, 0.6) is 0 Å². The van der Waals surface area contributed by atoms with Crippen LogP contribution in [0.2, 0.25) is 0 Å². The van der Waals surface area contributed by atoms with E-state index in [1.807, 2.05) is 6.07 Å². The third-order valence-electron chi connectivity index (χ3n) is 3.66. The second-order valence-electron chi connectivity index (χ2n) is 5.30. The molecule has 21 heavy (non-hydrogen) atoms. The van der Waals surface area contributed by atoms with Crippen LogP contribution >= 0.6 is 15.9 Å². The van der Waals surface area contributed by atoms with Gasteiger partial charge in [-0.25, -0.2) is 4.39 Å². The fourth-order valence-electron chi connectivity index (χ4n) is 2.45. The highest BCUT2D eigenvalue weighted by Crippen LogP contribution is 2.28. The minimum atomic E-state index is -0.193. The van der Waals surface area contributed by atoms with Gasteiger partial charge in [0, 0.05) is 10.5 Å². The third-order valence-corrected chi connectivity index (χ3v) is 4.38. The normalized spacial score (nSPS) is 12.4. The molecule has 0 heterocycles. The van der Waals surface area contributed by atoms with E-state index in [4.69, 9.17) is 0 Å². The molecule has 1 unspecified atom stereocenters. The van der Waals surface area contributed by atoms with Crippen LogP contribution in [0.15, 0.2) is 46.9 Å². The van der Waals surface area contributed by atoms with Gasteiger partial charge in [-0.2, -0.15) is 0 Å². The fraction of sp³-hybridized carbons (Fsp3) is 0.333. The maximum absolute atomic E-state index is 13.6. The second kappa shape index (κ2) is 7.71. The Kier molecular flexibility index (Phi) is 5.95. The Balaban J connectivity index is 2.30. The summed E-state index contributed by atoms with van der Waals surface area (Å²) < 4.78 is 14.5. The first-order valence-electron chi connectivity index (χ1n) is 7.34. The molecule has 0 radical (unpaired) electrons. The Bertz CT molecular complexity index is 598. The molecule has 0 saturated heterocycles. The van der Waals surface area contributed by atoms with Gasteiger partial charge in [0.15, 0.2) is 0 Å². The molecule has 0 spiro atoms. The summed E-state index contributed by atoms with van der Waals surface area (Å²) in [5, 5.41) is 3.53. The standard InChI is InChI=1S/C18H21BrFN/c1-3-10-21-18(11-14-7-5-4-6-13(14)2)16-12-15(20)8-9-17(16)19/h4-9,12,18,21H,3,10-11H2,1-2H3. The number of rotatable bonds is 6. The summed E-state index contributed by atoms with van der Waals surface area (Å²) >= 11 is 3.55. The van der Waals surface area contributed by atoms with Crippen LogP contribution in [0.4, 0.5) is 4.39 Å². The third kappa shape index (κ3) is 4.39. The molecule has 3 heteroatoms. The van der Waals surface area contributed by atoms with E-state index in [1.165, 1.54) is 17.2 Å². The Morgan fingerprint density at radius 1 is 1.19 bits per heavy atom. The zero-order valence-corrected chi connectivity index (χ0v) is 14.1. The minimum Gasteiger partial charge on any atom is -0.310 e. The SMILES string of the molecule is CCCNC(Cc1ccccc1C)c1cc(F)ccc1Br. The molecule has 0 saturated carbocycles. The van der Waals surface area contributed by atoms with Gasteiger partial charge in [-0.15, -0.1) is 0 Å². The zero-order chi connectivity index (χ0) is 15.2. The highest BCUT2D eigenvalue weighted by Gasteiger charge is 2.16. The molecule has 2 rings (SSSR count). The Hall–Kier alpha value is -1.19. The van der Waals surface area contributed by atoms with Crippen molar-refractivity contribution in [1.82, 2.24) is 5.32 Å². The van der Waals surface area contributed by atoms with Crippen molar-refractivity contribution in [2.75, 3.05) is 6.54 Å². The lowest BCUT2D eigenvalue weighted by molar-refractivity contribution is 0.521. The van der Waals surface area contributed by atoms with Crippen LogP contribution < -0.4 is 5.32 Å². The van der Waals surface area contributed by atoms with Crippen molar-refractivity contribution in [2.24, 2.45) is 0 Å². The lowest BCUT2D eigenvalue weighted by atomic mass is 9.96. The fourth-order valence-corrected chi connectivity index (χ4v) is 2.97. The first kappa shape index (κ1) is 16.2. The van der Waals surface area contributed by atoms with Crippen LogP contribution in [0.3, 0.4) is 0 Å². The summed E-state index contributed by atoms with van der Waals surface area (Å²) in [6.45, 7) is 5.17. The van der Waals surface area contributed by atoms with Crippen molar-refractivity contribution in [3.05, 3.63) is 69.4 Å². The quantitative estimate of drug-likeness (QED) is 0.757. The number of halogens is 2. The number of aryl methyl sites for hydroxylation is 1. The van der Waals surface area contributed by atoms with E-state index < -0.39 is 0 Å². The number of nitrogens with one attached hydrogen (secondary N) is 1. The van der Waals surface area contributed by atoms with Gasteiger partial charge in [-0.05, 0) is 61.2 Å². The van der Waals surface area contributed by atoms with E-state index in [2.05, 4.69) is 53.3 Å². The van der Waals surface area contributed by atoms with E-state index >= 15 is 0 Å². The molecule has 2 aromatic carbocycles.